The number of aliphatic hydroxyl groups is 1. The molecule has 5 nitrogen and oxygen atoms in total. The Morgan fingerprint density at radius 1 is 0.791 bits per heavy atom. The summed E-state index contributed by atoms with van der Waals surface area (Å²) in [5.41, 5.74) is 2.85. The Morgan fingerprint density at radius 3 is 2.12 bits per heavy atom. The van der Waals surface area contributed by atoms with Crippen molar-refractivity contribution in [3.05, 3.63) is 28.8 Å². The van der Waals surface area contributed by atoms with E-state index in [1.807, 2.05) is 0 Å². The van der Waals surface area contributed by atoms with E-state index in [1.54, 1.807) is 12.1 Å². The van der Waals surface area contributed by atoms with Gasteiger partial charge in [0, 0.05) is 0 Å². The van der Waals surface area contributed by atoms with Crippen LogP contribution in [0.3, 0.4) is 0 Å². The van der Waals surface area contributed by atoms with Gasteiger partial charge in [-0.3, -0.25) is 0 Å². The van der Waals surface area contributed by atoms with Crippen LogP contribution in [0.15, 0.2) is 12.1 Å². The van der Waals surface area contributed by atoms with Gasteiger partial charge in [-0.2, -0.15) is 0 Å². The molecule has 1 unspecified atom stereocenters. The number of hydrogen-bond donors (Lipinski definition) is 3. The maximum atomic E-state index is 11.9. The van der Waals surface area contributed by atoms with Crippen molar-refractivity contribution in [2.75, 3.05) is 0 Å². The van der Waals surface area contributed by atoms with E-state index in [0.29, 0.717) is 40.8 Å². The van der Waals surface area contributed by atoms with Gasteiger partial charge in [0.05, 0.1) is 11.7 Å². The third kappa shape index (κ3) is 3.85. The molecule has 4 saturated carbocycles. The predicted octanol–water partition coefficient (Wildman–Crippen LogP) is 8.34. The molecule has 6 aliphatic rings. The Bertz CT molecular complexity index is 1340. The Morgan fingerprint density at radius 2 is 1.40 bits per heavy atom. The highest BCUT2D eigenvalue weighted by molar-refractivity contribution is 5.76. The van der Waals surface area contributed by atoms with Gasteiger partial charge in [0.2, 0.25) is 0 Å². The van der Waals surface area contributed by atoms with Gasteiger partial charge in [0.25, 0.3) is 0 Å². The van der Waals surface area contributed by atoms with Crippen molar-refractivity contribution >= 4 is 5.97 Å². The first-order valence-electron chi connectivity index (χ1n) is 17.5. The van der Waals surface area contributed by atoms with Gasteiger partial charge in [-0.05, 0) is 151 Å². The van der Waals surface area contributed by atoms with Crippen LogP contribution < -0.4 is 0 Å². The second-order valence-corrected chi connectivity index (χ2v) is 18.0. The van der Waals surface area contributed by atoms with E-state index in [2.05, 4.69) is 48.5 Å². The lowest BCUT2D eigenvalue weighted by molar-refractivity contribution is -0.240. The third-order valence-electron chi connectivity index (χ3n) is 15.7. The molecule has 0 radical (unpaired) electrons. The number of aromatic hydroxyl groups is 1. The van der Waals surface area contributed by atoms with E-state index in [9.17, 15) is 20.1 Å². The van der Waals surface area contributed by atoms with E-state index in [1.165, 1.54) is 44.9 Å². The quantitative estimate of drug-likeness (QED) is 0.321. The van der Waals surface area contributed by atoms with Crippen molar-refractivity contribution in [3.63, 3.8) is 0 Å². The Hall–Kier alpha value is -1.59. The first-order valence-corrected chi connectivity index (χ1v) is 17.5. The number of fused-ring (bicyclic) bond motifs is 10. The Kier molecular flexibility index (Phi) is 6.47. The lowest BCUT2D eigenvalue weighted by Crippen LogP contribution is -2.64. The zero-order valence-corrected chi connectivity index (χ0v) is 27.8. The Balaban J connectivity index is 1.24. The minimum absolute atomic E-state index is 0.0103. The first kappa shape index (κ1) is 30.1. The van der Waals surface area contributed by atoms with E-state index in [4.69, 9.17) is 4.74 Å². The molecule has 7 rings (SSSR count). The lowest BCUT2D eigenvalue weighted by atomic mass is 9.36. The van der Waals surface area contributed by atoms with E-state index < -0.39 is 12.1 Å². The fraction of sp³-hybridized carbons (Fsp3) is 0.816. The molecule has 0 bridgehead atoms. The van der Waals surface area contributed by atoms with Crippen LogP contribution in [0.1, 0.15) is 142 Å². The van der Waals surface area contributed by atoms with Crippen molar-refractivity contribution < 1.29 is 24.9 Å². The summed E-state index contributed by atoms with van der Waals surface area (Å²) < 4.78 is 7.40. The van der Waals surface area contributed by atoms with Gasteiger partial charge in [-0.15, -0.1) is 0 Å². The van der Waals surface area contributed by atoms with Crippen LogP contribution in [-0.2, 0) is 21.4 Å². The standard InChI is InChI=1S/C38H56O5/c1-33(2)15-8-16-38(7)25(33)11-18-36(5)27-12-17-35(4)26(34(27,3)20-14-29(36)43-38)13-19-37(6)28(35)21-23-24(39)10-9-22(30(23)37)31(40)32(41)42/h9-10,25-29,31,39-40H,8,11-21H2,1-7H3,(H,41,42)/t25-,26+,27+,28-,29-,31?,34+,35+,36-,37-,38-/m0/s1. The number of ether oxygens (including phenoxy) is 1. The molecule has 0 aromatic heterocycles. The number of hydrogen-bond acceptors (Lipinski definition) is 4. The highest BCUT2D eigenvalue weighted by Gasteiger charge is 2.69. The SMILES string of the molecule is CC1(C)CCC[C@]2(C)O[C@H]3CC[C@@]4(C)[C@@H](CC[C@]5(C)[C@@H]4CC[C@]4(C)c6c(C(O)C(=O)O)ccc(O)c6C[C@@H]54)[C@]3(C)CC[C@@H]12. The highest BCUT2D eigenvalue weighted by Crippen LogP contribution is 2.74. The number of phenols is 1. The number of carbonyl (C=O) groups is 1. The van der Waals surface area contributed by atoms with Crippen molar-refractivity contribution in [1.29, 1.82) is 0 Å². The molecule has 0 amide bonds. The number of benzene rings is 1. The molecule has 1 aliphatic heterocycles. The lowest BCUT2D eigenvalue weighted by Gasteiger charge is -2.69. The molecule has 5 heteroatoms. The molecule has 1 aromatic rings. The van der Waals surface area contributed by atoms with Crippen LogP contribution >= 0.6 is 0 Å². The summed E-state index contributed by atoms with van der Waals surface area (Å²) in [4.78, 5) is 11.9. The number of phenolic OH excluding ortho intramolecular Hbond substituents is 1. The molecule has 0 spiro atoms. The summed E-state index contributed by atoms with van der Waals surface area (Å²) in [6.45, 7) is 17.5. The third-order valence-corrected chi connectivity index (χ3v) is 15.7. The van der Waals surface area contributed by atoms with Crippen molar-refractivity contribution in [1.82, 2.24) is 0 Å². The summed E-state index contributed by atoms with van der Waals surface area (Å²) in [5, 5.41) is 31.5. The number of aliphatic hydroxyl groups excluding tert-OH is 1. The molecule has 1 heterocycles. The van der Waals surface area contributed by atoms with Gasteiger partial charge in [-0.1, -0.05) is 54.0 Å². The molecule has 11 atom stereocenters. The first-order chi connectivity index (χ1) is 20.0. The van der Waals surface area contributed by atoms with Gasteiger partial charge < -0.3 is 20.1 Å². The second-order valence-electron chi connectivity index (χ2n) is 18.0. The fourth-order valence-electron chi connectivity index (χ4n) is 13.9. The van der Waals surface area contributed by atoms with Crippen molar-refractivity contribution in [3.8, 4) is 5.75 Å². The zero-order valence-electron chi connectivity index (χ0n) is 27.8. The van der Waals surface area contributed by atoms with Crippen LogP contribution in [0.2, 0.25) is 0 Å². The summed E-state index contributed by atoms with van der Waals surface area (Å²) in [5.74, 6) is 1.19. The van der Waals surface area contributed by atoms with E-state index in [0.717, 1.165) is 43.2 Å². The van der Waals surface area contributed by atoms with E-state index >= 15 is 0 Å². The predicted molar refractivity (Wildman–Crippen MR) is 168 cm³/mol. The van der Waals surface area contributed by atoms with E-state index in [-0.39, 0.29) is 33.0 Å². The monoisotopic (exact) mass is 592 g/mol. The summed E-state index contributed by atoms with van der Waals surface area (Å²) in [7, 11) is 0. The fourth-order valence-corrected chi connectivity index (χ4v) is 13.9. The largest absolute Gasteiger partial charge is 0.508 e. The average molecular weight is 593 g/mol. The molecule has 3 N–H and O–H groups in total. The number of carboxylic acids is 1. The van der Waals surface area contributed by atoms with Crippen molar-refractivity contribution in [2.45, 2.75) is 149 Å². The minimum Gasteiger partial charge on any atom is -0.508 e. The van der Waals surface area contributed by atoms with Gasteiger partial charge >= 0.3 is 5.97 Å². The van der Waals surface area contributed by atoms with Gasteiger partial charge in [0.1, 0.15) is 5.75 Å². The van der Waals surface area contributed by atoms with Gasteiger partial charge in [-0.25, -0.2) is 4.79 Å². The summed E-state index contributed by atoms with van der Waals surface area (Å²) in [6.07, 6.45) is 12.7. The summed E-state index contributed by atoms with van der Waals surface area (Å²) in [6, 6.07) is 3.26. The summed E-state index contributed by atoms with van der Waals surface area (Å²) >= 11 is 0. The number of rotatable bonds is 2. The van der Waals surface area contributed by atoms with Crippen LogP contribution in [0.5, 0.6) is 5.75 Å². The molecule has 238 valence electrons. The van der Waals surface area contributed by atoms with Crippen molar-refractivity contribution in [2.24, 2.45) is 45.3 Å². The normalized spacial score (nSPS) is 48.8. The Labute approximate surface area is 259 Å². The molecular weight excluding hydrogens is 536 g/mol. The molecule has 5 aliphatic carbocycles. The zero-order chi connectivity index (χ0) is 31.0. The second kappa shape index (κ2) is 9.24. The molecule has 1 saturated heterocycles. The van der Waals surface area contributed by atoms with Crippen LogP contribution in [-0.4, -0.2) is 33.0 Å². The van der Waals surface area contributed by atoms with Gasteiger partial charge in [0.15, 0.2) is 6.10 Å². The highest BCUT2D eigenvalue weighted by atomic mass is 16.5. The van der Waals surface area contributed by atoms with Crippen LogP contribution in [0.4, 0.5) is 0 Å². The average Bonchev–Trinajstić information content (AvgIpc) is 3.18. The maximum absolute atomic E-state index is 11.9. The molecular formula is C38H56O5. The minimum atomic E-state index is -1.57. The number of aliphatic carboxylic acids is 1. The smallest absolute Gasteiger partial charge is 0.337 e. The molecule has 43 heavy (non-hydrogen) atoms. The number of carboxylic acid groups (broad SMARTS) is 1. The molecule has 5 fully saturated rings. The molecule has 1 aromatic carbocycles. The maximum Gasteiger partial charge on any atom is 0.337 e. The topological polar surface area (TPSA) is 87.0 Å². The van der Waals surface area contributed by atoms with Crippen LogP contribution in [0.25, 0.3) is 0 Å². The van der Waals surface area contributed by atoms with Crippen LogP contribution in [0, 0.1) is 45.3 Å².